The second kappa shape index (κ2) is 8.91. The van der Waals surface area contributed by atoms with Crippen LogP contribution in [0.15, 0.2) is 30.3 Å². The quantitative estimate of drug-likeness (QED) is 0.622. The molecule has 0 bridgehead atoms. The number of halogens is 1. The molecule has 32 heavy (non-hydrogen) atoms. The summed E-state index contributed by atoms with van der Waals surface area (Å²) in [7, 11) is 1.57. The minimum absolute atomic E-state index is 0.0431. The van der Waals surface area contributed by atoms with Gasteiger partial charge in [-0.05, 0) is 55.9 Å². The number of rotatable bonds is 5. The van der Waals surface area contributed by atoms with Crippen molar-refractivity contribution in [3.05, 3.63) is 50.7 Å². The highest BCUT2D eigenvalue weighted by Crippen LogP contribution is 2.34. The highest BCUT2D eigenvalue weighted by atomic mass is 35.5. The molecule has 1 fully saturated rings. The molecule has 1 aromatic heterocycles. The van der Waals surface area contributed by atoms with Gasteiger partial charge in [-0.15, -0.1) is 11.3 Å². The number of fused-ring (bicyclic) bond motifs is 1. The van der Waals surface area contributed by atoms with Crippen LogP contribution < -0.4 is 5.32 Å². The number of hydrogen-bond acceptors (Lipinski definition) is 5. The largest absolute Gasteiger partial charge is 0.465 e. The van der Waals surface area contributed by atoms with Crippen LogP contribution in [0, 0.1) is 5.92 Å². The van der Waals surface area contributed by atoms with E-state index in [9.17, 15) is 19.2 Å². The van der Waals surface area contributed by atoms with E-state index in [-0.39, 0.29) is 35.5 Å². The van der Waals surface area contributed by atoms with E-state index in [1.54, 1.807) is 37.4 Å². The van der Waals surface area contributed by atoms with Gasteiger partial charge in [0.1, 0.15) is 0 Å². The smallest absolute Gasteiger partial charge is 0.407 e. The first kappa shape index (κ1) is 22.3. The number of benzene rings is 1. The van der Waals surface area contributed by atoms with E-state index in [4.69, 9.17) is 16.7 Å². The van der Waals surface area contributed by atoms with E-state index in [1.807, 2.05) is 0 Å². The lowest BCUT2D eigenvalue weighted by molar-refractivity contribution is 0.0602. The Morgan fingerprint density at radius 1 is 1.16 bits per heavy atom. The van der Waals surface area contributed by atoms with Crippen molar-refractivity contribution in [1.82, 2.24) is 9.80 Å². The number of anilines is 1. The summed E-state index contributed by atoms with van der Waals surface area (Å²) in [5.41, 5.74) is 0.772. The van der Waals surface area contributed by atoms with Crippen molar-refractivity contribution in [3.63, 3.8) is 0 Å². The topological polar surface area (TPSA) is 107 Å². The number of thiophene rings is 1. The fourth-order valence-corrected chi connectivity index (χ4v) is 5.29. The monoisotopic (exact) mass is 475 g/mol. The highest BCUT2D eigenvalue weighted by Gasteiger charge is 2.39. The second-order valence-electron chi connectivity index (χ2n) is 8.07. The summed E-state index contributed by atoms with van der Waals surface area (Å²) in [6, 6.07) is 8.01. The number of carboxylic acid groups (broad SMARTS) is 1. The van der Waals surface area contributed by atoms with Crippen molar-refractivity contribution in [2.24, 2.45) is 5.92 Å². The number of carbonyl (C=O) groups is 4. The molecule has 0 unspecified atom stereocenters. The van der Waals surface area contributed by atoms with Crippen LogP contribution in [0.3, 0.4) is 0 Å². The standard InChI is InChI=1S/C22H22ClN3O5S/c1-25(22(30)31)13-7-5-12(6-8-13)11-26-20(28)14-3-2-4-15(18(14)21(26)29)24-19(27)16-9-10-17(23)32-16/h2-4,9-10,12-13H,5-8,11H2,1H3,(H,24,27)(H,30,31). The van der Waals surface area contributed by atoms with Gasteiger partial charge in [0.25, 0.3) is 17.7 Å². The third kappa shape index (κ3) is 4.22. The molecular weight excluding hydrogens is 454 g/mol. The van der Waals surface area contributed by atoms with Crippen LogP contribution >= 0.6 is 22.9 Å². The maximum absolute atomic E-state index is 13.1. The van der Waals surface area contributed by atoms with Crippen LogP contribution in [0.1, 0.15) is 56.1 Å². The van der Waals surface area contributed by atoms with Gasteiger partial charge >= 0.3 is 6.09 Å². The van der Waals surface area contributed by atoms with Gasteiger partial charge in [0.05, 0.1) is 26.0 Å². The Balaban J connectivity index is 1.46. The predicted octanol–water partition coefficient (Wildman–Crippen LogP) is 4.42. The first-order valence-electron chi connectivity index (χ1n) is 10.3. The van der Waals surface area contributed by atoms with Gasteiger partial charge in [0.2, 0.25) is 0 Å². The highest BCUT2D eigenvalue weighted by molar-refractivity contribution is 7.18. The number of imide groups is 1. The zero-order chi connectivity index (χ0) is 23.0. The number of amides is 4. The van der Waals surface area contributed by atoms with Gasteiger partial charge in [-0.25, -0.2) is 4.79 Å². The van der Waals surface area contributed by atoms with Crippen LogP contribution in [0.2, 0.25) is 4.34 Å². The number of nitrogens with one attached hydrogen (secondary N) is 1. The molecule has 1 aliphatic heterocycles. The summed E-state index contributed by atoms with van der Waals surface area (Å²) in [5.74, 6) is -1.07. The van der Waals surface area contributed by atoms with Crippen molar-refractivity contribution in [2.45, 2.75) is 31.7 Å². The summed E-state index contributed by atoms with van der Waals surface area (Å²) >= 11 is 7.03. The fourth-order valence-electron chi connectivity index (χ4n) is 4.35. The zero-order valence-corrected chi connectivity index (χ0v) is 18.9. The van der Waals surface area contributed by atoms with Crippen molar-refractivity contribution < 1.29 is 24.3 Å². The molecule has 0 atom stereocenters. The van der Waals surface area contributed by atoms with Gasteiger partial charge in [-0.2, -0.15) is 0 Å². The first-order chi connectivity index (χ1) is 15.3. The summed E-state index contributed by atoms with van der Waals surface area (Å²) in [6.45, 7) is 0.282. The molecule has 2 N–H and O–H groups in total. The molecule has 168 valence electrons. The van der Waals surface area contributed by atoms with Gasteiger partial charge < -0.3 is 15.3 Å². The molecule has 0 spiro atoms. The van der Waals surface area contributed by atoms with Crippen LogP contribution in [0.4, 0.5) is 10.5 Å². The van der Waals surface area contributed by atoms with Crippen LogP contribution in [-0.2, 0) is 0 Å². The van der Waals surface area contributed by atoms with E-state index in [0.29, 0.717) is 27.7 Å². The maximum Gasteiger partial charge on any atom is 0.407 e. The first-order valence-corrected chi connectivity index (χ1v) is 11.5. The minimum atomic E-state index is -0.951. The van der Waals surface area contributed by atoms with E-state index in [1.165, 1.54) is 9.80 Å². The van der Waals surface area contributed by atoms with Crippen molar-refractivity contribution in [3.8, 4) is 0 Å². The Kier molecular flexibility index (Phi) is 6.21. The Labute approximate surface area is 193 Å². The van der Waals surface area contributed by atoms with Crippen LogP contribution in [0.25, 0.3) is 0 Å². The summed E-state index contributed by atoms with van der Waals surface area (Å²) in [4.78, 5) is 52.8. The SMILES string of the molecule is CN(C(=O)O)C1CCC(CN2C(=O)c3cccc(NC(=O)c4ccc(Cl)s4)c3C2=O)CC1. The van der Waals surface area contributed by atoms with Crippen LogP contribution in [0.5, 0.6) is 0 Å². The lowest BCUT2D eigenvalue weighted by atomic mass is 9.85. The van der Waals surface area contributed by atoms with E-state index in [2.05, 4.69) is 5.32 Å². The molecule has 2 aliphatic rings. The third-order valence-corrected chi connectivity index (χ3v) is 7.38. The lowest BCUT2D eigenvalue weighted by Gasteiger charge is -2.34. The number of carbonyl (C=O) groups excluding carboxylic acids is 3. The summed E-state index contributed by atoms with van der Waals surface area (Å²) in [5, 5.41) is 11.9. The van der Waals surface area contributed by atoms with Crippen molar-refractivity contribution in [2.75, 3.05) is 18.9 Å². The lowest BCUT2D eigenvalue weighted by Crippen LogP contribution is -2.41. The van der Waals surface area contributed by atoms with E-state index >= 15 is 0 Å². The number of hydrogen-bond donors (Lipinski definition) is 2. The Hall–Kier alpha value is -2.91. The molecule has 0 radical (unpaired) electrons. The average Bonchev–Trinajstić information content (AvgIpc) is 3.31. The predicted molar refractivity (Wildman–Crippen MR) is 121 cm³/mol. The molecule has 2 heterocycles. The minimum Gasteiger partial charge on any atom is -0.465 e. The summed E-state index contributed by atoms with van der Waals surface area (Å²) < 4.78 is 0.482. The van der Waals surface area contributed by atoms with Gasteiger partial charge in [0.15, 0.2) is 0 Å². The zero-order valence-electron chi connectivity index (χ0n) is 17.3. The van der Waals surface area contributed by atoms with Crippen LogP contribution in [-0.4, -0.2) is 58.4 Å². The summed E-state index contributed by atoms with van der Waals surface area (Å²) in [6.07, 6.45) is 1.91. The molecule has 1 saturated carbocycles. The second-order valence-corrected chi connectivity index (χ2v) is 9.79. The molecular formula is C22H22ClN3O5S. The van der Waals surface area contributed by atoms with E-state index < -0.39 is 17.9 Å². The molecule has 4 amide bonds. The van der Waals surface area contributed by atoms with E-state index in [0.717, 1.165) is 24.2 Å². The normalized spacial score (nSPS) is 20.2. The Bertz CT molecular complexity index is 1090. The molecule has 1 aromatic carbocycles. The maximum atomic E-state index is 13.1. The van der Waals surface area contributed by atoms with Gasteiger partial charge in [-0.3, -0.25) is 19.3 Å². The molecule has 4 rings (SSSR count). The molecule has 0 saturated heterocycles. The van der Waals surface area contributed by atoms with Gasteiger partial charge in [0, 0.05) is 19.6 Å². The van der Waals surface area contributed by atoms with Gasteiger partial charge in [-0.1, -0.05) is 17.7 Å². The fraction of sp³-hybridized carbons (Fsp3) is 0.364. The number of nitrogens with zero attached hydrogens (tertiary/aromatic N) is 2. The molecule has 1 aliphatic carbocycles. The molecule has 2 aromatic rings. The third-order valence-electron chi connectivity index (χ3n) is 6.15. The van der Waals surface area contributed by atoms with Crippen molar-refractivity contribution >= 4 is 52.4 Å². The van der Waals surface area contributed by atoms with Crippen molar-refractivity contribution in [1.29, 1.82) is 0 Å². The average molecular weight is 476 g/mol. The Morgan fingerprint density at radius 3 is 2.50 bits per heavy atom. The molecule has 8 nitrogen and oxygen atoms in total. The Morgan fingerprint density at radius 2 is 1.88 bits per heavy atom. The molecule has 10 heteroatoms.